The minimum absolute atomic E-state index is 0.0229. The second kappa shape index (κ2) is 7.88. The maximum atomic E-state index is 12.4. The Hall–Kier alpha value is -2.76. The van der Waals surface area contributed by atoms with Crippen molar-refractivity contribution in [3.05, 3.63) is 47.8 Å². The molecule has 1 atom stereocenters. The summed E-state index contributed by atoms with van der Waals surface area (Å²) >= 11 is 0. The molecule has 0 saturated carbocycles. The van der Waals surface area contributed by atoms with E-state index < -0.39 is 0 Å². The van der Waals surface area contributed by atoms with Crippen molar-refractivity contribution in [3.63, 3.8) is 0 Å². The molecule has 3 rings (SSSR count). The van der Waals surface area contributed by atoms with Gasteiger partial charge < -0.3 is 20.1 Å². The number of aryl methyl sites for hydroxylation is 1. The predicted octanol–water partition coefficient (Wildman–Crippen LogP) is 2.18. The molecule has 6 heteroatoms. The zero-order valence-electron chi connectivity index (χ0n) is 14.5. The average molecular weight is 341 g/mol. The molecule has 2 heterocycles. The van der Waals surface area contributed by atoms with Gasteiger partial charge in [0.15, 0.2) is 0 Å². The van der Waals surface area contributed by atoms with Gasteiger partial charge in [0.25, 0.3) is 0 Å². The Morgan fingerprint density at radius 3 is 3.04 bits per heavy atom. The highest BCUT2D eigenvalue weighted by molar-refractivity contribution is 5.79. The number of anilines is 1. The van der Waals surface area contributed by atoms with Crippen LogP contribution in [0.4, 0.5) is 5.69 Å². The quantitative estimate of drug-likeness (QED) is 0.788. The number of fused-ring (bicyclic) bond motifs is 1. The number of nitrogens with zero attached hydrogens (tertiary/aromatic N) is 1. The van der Waals surface area contributed by atoms with Gasteiger partial charge in [-0.25, -0.2) is 0 Å². The number of methoxy groups -OCH3 is 1. The third kappa shape index (κ3) is 4.21. The Morgan fingerprint density at radius 1 is 1.36 bits per heavy atom. The molecule has 1 aromatic heterocycles. The Morgan fingerprint density at radius 2 is 2.24 bits per heavy atom. The summed E-state index contributed by atoms with van der Waals surface area (Å²) in [4.78, 5) is 16.4. The fraction of sp³-hybridized carbons (Fsp3) is 0.368. The number of hydrogen-bond donors (Lipinski definition) is 2. The normalized spacial score (nSPS) is 15.7. The van der Waals surface area contributed by atoms with Crippen molar-refractivity contribution >= 4 is 11.6 Å². The lowest BCUT2D eigenvalue weighted by Crippen LogP contribution is -2.39. The van der Waals surface area contributed by atoms with Gasteiger partial charge >= 0.3 is 0 Å². The minimum atomic E-state index is -0.163. The summed E-state index contributed by atoms with van der Waals surface area (Å²) in [6.45, 7) is 3.62. The molecule has 1 amide bonds. The highest BCUT2D eigenvalue weighted by atomic mass is 16.5. The first-order valence-corrected chi connectivity index (χ1v) is 8.39. The van der Waals surface area contributed by atoms with Crippen LogP contribution in [0.3, 0.4) is 0 Å². The largest absolute Gasteiger partial charge is 0.497 e. The molecule has 2 aromatic rings. The van der Waals surface area contributed by atoms with Gasteiger partial charge in [-0.1, -0.05) is 6.07 Å². The lowest BCUT2D eigenvalue weighted by molar-refractivity contribution is -0.126. The van der Waals surface area contributed by atoms with E-state index in [4.69, 9.17) is 9.47 Å². The van der Waals surface area contributed by atoms with Gasteiger partial charge in [-0.2, -0.15) is 0 Å². The smallest absolute Gasteiger partial charge is 0.226 e. The van der Waals surface area contributed by atoms with Gasteiger partial charge in [-0.3, -0.25) is 9.78 Å². The summed E-state index contributed by atoms with van der Waals surface area (Å²) in [7, 11) is 1.63. The Bertz CT molecular complexity index is 748. The van der Waals surface area contributed by atoms with Crippen molar-refractivity contribution in [1.29, 1.82) is 0 Å². The SMILES string of the molecule is COc1ccc2c(c1)OC[C@H](C(=O)NCCNc1ccncc1C)C2. The molecule has 0 radical (unpaired) electrons. The molecule has 6 nitrogen and oxygen atoms in total. The van der Waals surface area contributed by atoms with Crippen LogP contribution in [0.25, 0.3) is 0 Å². The highest BCUT2D eigenvalue weighted by Crippen LogP contribution is 2.31. The lowest BCUT2D eigenvalue weighted by Gasteiger charge is -2.25. The van der Waals surface area contributed by atoms with Crippen LogP contribution in [0.5, 0.6) is 11.5 Å². The van der Waals surface area contributed by atoms with E-state index in [1.54, 1.807) is 13.3 Å². The van der Waals surface area contributed by atoms with Crippen LogP contribution in [-0.4, -0.2) is 37.7 Å². The second-order valence-electron chi connectivity index (χ2n) is 6.09. The molecule has 25 heavy (non-hydrogen) atoms. The van der Waals surface area contributed by atoms with Crippen LogP contribution in [0.2, 0.25) is 0 Å². The van der Waals surface area contributed by atoms with Crippen molar-refractivity contribution in [3.8, 4) is 11.5 Å². The fourth-order valence-corrected chi connectivity index (χ4v) is 2.85. The Labute approximate surface area is 147 Å². The molecule has 0 spiro atoms. The lowest BCUT2D eigenvalue weighted by atomic mass is 9.96. The number of pyridine rings is 1. The Kier molecular flexibility index (Phi) is 5.38. The van der Waals surface area contributed by atoms with Gasteiger partial charge in [0, 0.05) is 37.2 Å². The monoisotopic (exact) mass is 341 g/mol. The predicted molar refractivity (Wildman–Crippen MR) is 96.2 cm³/mol. The molecule has 1 aromatic carbocycles. The molecule has 2 N–H and O–H groups in total. The summed E-state index contributed by atoms with van der Waals surface area (Å²) in [6.07, 6.45) is 4.24. The third-order valence-electron chi connectivity index (χ3n) is 4.31. The van der Waals surface area contributed by atoms with Crippen LogP contribution >= 0.6 is 0 Å². The molecule has 0 bridgehead atoms. The first-order valence-electron chi connectivity index (χ1n) is 8.39. The number of rotatable bonds is 6. The van der Waals surface area contributed by atoms with E-state index in [0.717, 1.165) is 28.3 Å². The number of carbonyl (C=O) groups excluding carboxylic acids is 1. The van der Waals surface area contributed by atoms with Gasteiger partial charge in [0.2, 0.25) is 5.91 Å². The molecule has 0 aliphatic carbocycles. The van der Waals surface area contributed by atoms with Gasteiger partial charge in [0.1, 0.15) is 18.1 Å². The zero-order valence-corrected chi connectivity index (χ0v) is 14.5. The van der Waals surface area contributed by atoms with Crippen molar-refractivity contribution in [2.75, 3.05) is 32.1 Å². The number of ether oxygens (including phenoxy) is 2. The van der Waals surface area contributed by atoms with E-state index in [1.165, 1.54) is 0 Å². The van der Waals surface area contributed by atoms with Crippen LogP contribution in [0.1, 0.15) is 11.1 Å². The van der Waals surface area contributed by atoms with Gasteiger partial charge in [-0.15, -0.1) is 0 Å². The molecule has 1 aliphatic rings. The maximum absolute atomic E-state index is 12.4. The second-order valence-corrected chi connectivity index (χ2v) is 6.09. The number of aromatic nitrogens is 1. The van der Waals surface area contributed by atoms with Gasteiger partial charge in [0.05, 0.1) is 13.0 Å². The topological polar surface area (TPSA) is 72.5 Å². The van der Waals surface area contributed by atoms with Crippen LogP contribution in [-0.2, 0) is 11.2 Å². The van der Waals surface area contributed by atoms with Crippen LogP contribution < -0.4 is 20.1 Å². The molecular weight excluding hydrogens is 318 g/mol. The van der Waals surface area contributed by atoms with Gasteiger partial charge in [-0.05, 0) is 36.6 Å². The summed E-state index contributed by atoms with van der Waals surface area (Å²) < 4.78 is 10.9. The standard InChI is InChI=1S/C19H23N3O3/c1-13-11-20-6-5-17(13)21-7-8-22-19(23)15-9-14-3-4-16(24-2)10-18(14)25-12-15/h3-6,10-11,15H,7-9,12H2,1-2H3,(H,20,21)(H,22,23)/t15-/m1/s1. The minimum Gasteiger partial charge on any atom is -0.497 e. The highest BCUT2D eigenvalue weighted by Gasteiger charge is 2.26. The third-order valence-corrected chi connectivity index (χ3v) is 4.31. The van der Waals surface area contributed by atoms with Crippen molar-refractivity contribution in [1.82, 2.24) is 10.3 Å². The molecule has 0 fully saturated rings. The maximum Gasteiger partial charge on any atom is 0.226 e. The van der Waals surface area contributed by atoms with E-state index in [-0.39, 0.29) is 11.8 Å². The first kappa shape index (κ1) is 17.1. The van der Waals surface area contributed by atoms with E-state index >= 15 is 0 Å². The van der Waals surface area contributed by atoms with Crippen molar-refractivity contribution < 1.29 is 14.3 Å². The molecule has 0 saturated heterocycles. The van der Waals surface area contributed by atoms with Crippen LogP contribution in [0, 0.1) is 12.8 Å². The number of benzene rings is 1. The Balaban J connectivity index is 1.47. The molecular formula is C19H23N3O3. The molecule has 1 aliphatic heterocycles. The van der Waals surface area contributed by atoms with E-state index in [0.29, 0.717) is 26.1 Å². The van der Waals surface area contributed by atoms with Crippen molar-refractivity contribution in [2.24, 2.45) is 5.92 Å². The number of nitrogens with one attached hydrogen (secondary N) is 2. The summed E-state index contributed by atoms with van der Waals surface area (Å²) in [5.74, 6) is 1.43. The average Bonchev–Trinajstić information content (AvgIpc) is 2.65. The zero-order chi connectivity index (χ0) is 17.6. The van der Waals surface area contributed by atoms with Crippen molar-refractivity contribution in [2.45, 2.75) is 13.3 Å². The summed E-state index contributed by atoms with van der Waals surface area (Å²) in [6, 6.07) is 7.65. The fourth-order valence-electron chi connectivity index (χ4n) is 2.85. The number of carbonyl (C=O) groups is 1. The summed E-state index contributed by atoms with van der Waals surface area (Å²) in [5, 5.41) is 6.27. The molecule has 0 unspecified atom stereocenters. The van der Waals surface area contributed by atoms with E-state index in [2.05, 4.69) is 15.6 Å². The number of amides is 1. The van der Waals surface area contributed by atoms with E-state index in [1.807, 2.05) is 37.4 Å². The number of hydrogen-bond acceptors (Lipinski definition) is 5. The molecule has 132 valence electrons. The first-order chi connectivity index (χ1) is 12.2. The summed E-state index contributed by atoms with van der Waals surface area (Å²) in [5.41, 5.74) is 3.16. The van der Waals surface area contributed by atoms with E-state index in [9.17, 15) is 4.79 Å². The van der Waals surface area contributed by atoms with Crippen LogP contribution in [0.15, 0.2) is 36.7 Å².